The Balaban J connectivity index is 1.65. The monoisotopic (exact) mass is 257 g/mol. The molecule has 1 aliphatic rings. The molecule has 0 aliphatic carbocycles. The van der Waals surface area contributed by atoms with E-state index in [4.69, 9.17) is 9.57 Å². The van der Waals surface area contributed by atoms with Crippen LogP contribution < -0.4 is 4.74 Å². The van der Waals surface area contributed by atoms with Crippen LogP contribution in [0.15, 0.2) is 48.1 Å². The van der Waals surface area contributed by atoms with Crippen molar-refractivity contribution in [2.24, 2.45) is 5.16 Å². The molecule has 0 fully saturated rings. The van der Waals surface area contributed by atoms with Crippen molar-refractivity contribution in [2.45, 2.75) is 12.5 Å². The third-order valence-corrected chi connectivity index (χ3v) is 2.68. The molecule has 3 rings (SSSR count). The predicted molar refractivity (Wildman–Crippen MR) is 66.6 cm³/mol. The van der Waals surface area contributed by atoms with Crippen molar-refractivity contribution < 1.29 is 14.7 Å². The zero-order valence-electron chi connectivity index (χ0n) is 9.93. The Morgan fingerprint density at radius 3 is 2.63 bits per heavy atom. The Morgan fingerprint density at radius 2 is 1.89 bits per heavy atom. The maximum atomic E-state index is 9.24. The first-order valence-electron chi connectivity index (χ1n) is 5.76. The molecule has 0 amide bonds. The van der Waals surface area contributed by atoms with Crippen molar-refractivity contribution in [1.82, 2.24) is 9.97 Å². The summed E-state index contributed by atoms with van der Waals surface area (Å²) in [5.74, 6) is 1.23. The van der Waals surface area contributed by atoms with Crippen LogP contribution in [0.5, 0.6) is 11.5 Å². The number of benzene rings is 1. The summed E-state index contributed by atoms with van der Waals surface area (Å²) in [6, 6.07) is 6.82. The molecule has 0 radical (unpaired) electrons. The van der Waals surface area contributed by atoms with E-state index in [0.29, 0.717) is 18.1 Å². The van der Waals surface area contributed by atoms with Gasteiger partial charge in [0.05, 0.1) is 18.8 Å². The van der Waals surface area contributed by atoms with Crippen molar-refractivity contribution in [2.75, 3.05) is 0 Å². The summed E-state index contributed by atoms with van der Waals surface area (Å²) in [7, 11) is 0. The number of ether oxygens (including phenoxy) is 1. The van der Waals surface area contributed by atoms with Gasteiger partial charge in [0, 0.05) is 0 Å². The molecule has 19 heavy (non-hydrogen) atoms. The van der Waals surface area contributed by atoms with E-state index in [9.17, 15) is 5.11 Å². The van der Waals surface area contributed by atoms with Gasteiger partial charge >= 0.3 is 0 Å². The number of oxime groups is 1. The highest BCUT2D eigenvalue weighted by molar-refractivity contribution is 5.79. The Labute approximate surface area is 109 Å². The molecule has 0 bridgehead atoms. The molecule has 0 unspecified atom stereocenters. The lowest BCUT2D eigenvalue weighted by atomic mass is 10.1. The highest BCUT2D eigenvalue weighted by atomic mass is 16.7. The van der Waals surface area contributed by atoms with Crippen LogP contribution in [0.2, 0.25) is 0 Å². The molecule has 0 saturated carbocycles. The lowest BCUT2D eigenvalue weighted by Gasteiger charge is -2.07. The fourth-order valence-electron chi connectivity index (χ4n) is 1.76. The number of phenols is 1. The van der Waals surface area contributed by atoms with E-state index in [2.05, 4.69) is 15.1 Å². The highest BCUT2D eigenvalue weighted by Gasteiger charge is 2.24. The molecule has 0 spiro atoms. The fourth-order valence-corrected chi connectivity index (χ4v) is 1.76. The quantitative estimate of drug-likeness (QED) is 0.890. The summed E-state index contributed by atoms with van der Waals surface area (Å²) in [6.45, 7) is 0. The van der Waals surface area contributed by atoms with E-state index in [0.717, 1.165) is 5.56 Å². The van der Waals surface area contributed by atoms with Gasteiger partial charge in [-0.3, -0.25) is 0 Å². The number of phenolic OH excluding ortho intramolecular Hbond substituents is 1. The molecule has 1 N–H and O–H groups in total. The molecule has 6 heteroatoms. The van der Waals surface area contributed by atoms with Crippen molar-refractivity contribution >= 4 is 5.90 Å². The van der Waals surface area contributed by atoms with E-state index >= 15 is 0 Å². The second-order valence-corrected chi connectivity index (χ2v) is 4.05. The molecule has 6 nitrogen and oxygen atoms in total. The maximum absolute atomic E-state index is 9.24. The lowest BCUT2D eigenvalue weighted by molar-refractivity contribution is 0.0855. The Morgan fingerprint density at radius 1 is 1.16 bits per heavy atom. The van der Waals surface area contributed by atoms with E-state index in [1.165, 1.54) is 6.33 Å². The molecular weight excluding hydrogens is 246 g/mol. The van der Waals surface area contributed by atoms with Gasteiger partial charge in [0.25, 0.3) is 0 Å². The average molecular weight is 257 g/mol. The van der Waals surface area contributed by atoms with E-state index in [1.54, 1.807) is 36.7 Å². The van der Waals surface area contributed by atoms with E-state index < -0.39 is 0 Å². The topological polar surface area (TPSA) is 76.8 Å². The fraction of sp³-hybridized carbons (Fsp3) is 0.154. The maximum Gasteiger partial charge on any atom is 0.235 e. The molecule has 1 atom stereocenters. The predicted octanol–water partition coefficient (Wildman–Crippen LogP) is 2.04. The summed E-state index contributed by atoms with van der Waals surface area (Å²) in [5, 5.41) is 13.1. The Bertz CT molecular complexity index is 584. The first kappa shape index (κ1) is 11.5. The zero-order chi connectivity index (χ0) is 13.1. The van der Waals surface area contributed by atoms with Crippen LogP contribution in [0.4, 0.5) is 0 Å². The van der Waals surface area contributed by atoms with Gasteiger partial charge in [-0.25, -0.2) is 9.97 Å². The highest BCUT2D eigenvalue weighted by Crippen LogP contribution is 2.28. The third-order valence-electron chi connectivity index (χ3n) is 2.68. The average Bonchev–Trinajstić information content (AvgIpc) is 2.89. The van der Waals surface area contributed by atoms with Gasteiger partial charge in [-0.1, -0.05) is 17.3 Å². The third kappa shape index (κ3) is 2.62. The summed E-state index contributed by atoms with van der Waals surface area (Å²) in [6.07, 6.45) is 4.88. The minimum atomic E-state index is -0.194. The van der Waals surface area contributed by atoms with E-state index in [1.807, 2.05) is 0 Å². The summed E-state index contributed by atoms with van der Waals surface area (Å²) < 4.78 is 5.50. The van der Waals surface area contributed by atoms with Gasteiger partial charge < -0.3 is 14.7 Å². The van der Waals surface area contributed by atoms with Crippen molar-refractivity contribution in [3.05, 3.63) is 48.5 Å². The molecule has 1 aromatic carbocycles. The normalized spacial score (nSPS) is 17.7. The standard InChI is InChI=1S/C13H11N3O3/c17-10-3-1-9(2-4-10)12-5-13(16-19-12)18-11-6-14-8-15-7-11/h1-4,6-8,12,17H,5H2/t12-/m1/s1. The van der Waals surface area contributed by atoms with Gasteiger partial charge in [0.2, 0.25) is 5.90 Å². The van der Waals surface area contributed by atoms with Gasteiger partial charge in [-0.2, -0.15) is 0 Å². The van der Waals surface area contributed by atoms with Crippen molar-refractivity contribution in [3.63, 3.8) is 0 Å². The van der Waals surface area contributed by atoms with Crippen LogP contribution in [-0.4, -0.2) is 21.0 Å². The first-order valence-corrected chi connectivity index (χ1v) is 5.76. The number of aromatic hydroxyl groups is 1. The van der Waals surface area contributed by atoms with Crippen LogP contribution >= 0.6 is 0 Å². The molecule has 0 saturated heterocycles. The van der Waals surface area contributed by atoms with Crippen LogP contribution in [0, 0.1) is 0 Å². The van der Waals surface area contributed by atoms with Crippen LogP contribution in [-0.2, 0) is 4.84 Å². The van der Waals surface area contributed by atoms with Crippen LogP contribution in [0.25, 0.3) is 0 Å². The van der Waals surface area contributed by atoms with Crippen molar-refractivity contribution in [1.29, 1.82) is 0 Å². The Kier molecular flexibility index (Phi) is 2.97. The smallest absolute Gasteiger partial charge is 0.235 e. The first-order chi connectivity index (χ1) is 9.31. The van der Waals surface area contributed by atoms with Crippen LogP contribution in [0.3, 0.4) is 0 Å². The number of aromatic nitrogens is 2. The summed E-state index contributed by atoms with van der Waals surface area (Å²) in [4.78, 5) is 13.0. The number of rotatable bonds is 2. The molecule has 2 heterocycles. The van der Waals surface area contributed by atoms with Gasteiger partial charge in [0.1, 0.15) is 12.1 Å². The number of hydrogen-bond donors (Lipinski definition) is 1. The Hall–Kier alpha value is -2.63. The summed E-state index contributed by atoms with van der Waals surface area (Å²) >= 11 is 0. The number of nitrogens with zero attached hydrogens (tertiary/aromatic N) is 3. The number of hydrogen-bond acceptors (Lipinski definition) is 6. The van der Waals surface area contributed by atoms with Crippen LogP contribution in [0.1, 0.15) is 18.1 Å². The second-order valence-electron chi connectivity index (χ2n) is 4.05. The zero-order valence-corrected chi connectivity index (χ0v) is 9.93. The molecule has 2 aromatic rings. The van der Waals surface area contributed by atoms with E-state index in [-0.39, 0.29) is 11.9 Å². The minimum absolute atomic E-state index is 0.194. The molecular formula is C13H11N3O3. The molecule has 1 aromatic heterocycles. The lowest BCUT2D eigenvalue weighted by Crippen LogP contribution is -2.07. The van der Waals surface area contributed by atoms with Gasteiger partial charge in [-0.05, 0) is 17.7 Å². The molecule has 1 aliphatic heterocycles. The molecule has 96 valence electrons. The second kappa shape index (κ2) is 4.93. The van der Waals surface area contributed by atoms with Crippen molar-refractivity contribution in [3.8, 4) is 11.5 Å². The summed E-state index contributed by atoms with van der Waals surface area (Å²) in [5.41, 5.74) is 0.935. The van der Waals surface area contributed by atoms with Gasteiger partial charge in [-0.15, -0.1) is 0 Å². The minimum Gasteiger partial charge on any atom is -0.508 e. The van der Waals surface area contributed by atoms with Gasteiger partial charge in [0.15, 0.2) is 11.9 Å². The SMILES string of the molecule is Oc1ccc([C@H]2CC(Oc3cncnc3)=NO2)cc1. The largest absolute Gasteiger partial charge is 0.508 e.